The smallest absolute Gasteiger partial charge is 0.260 e. The number of hydrogen-bond donors (Lipinski definition) is 2. The molecule has 0 radical (unpaired) electrons. The van der Waals surface area contributed by atoms with Crippen molar-refractivity contribution < 1.29 is 4.79 Å². The molecule has 3 aliphatic rings. The van der Waals surface area contributed by atoms with E-state index in [1.165, 1.54) is 18.4 Å². The summed E-state index contributed by atoms with van der Waals surface area (Å²) in [6.45, 7) is 8.83. The van der Waals surface area contributed by atoms with Crippen LogP contribution in [0.4, 0.5) is 5.95 Å². The van der Waals surface area contributed by atoms with E-state index in [1.807, 2.05) is 10.8 Å². The van der Waals surface area contributed by atoms with Crippen molar-refractivity contribution in [1.82, 2.24) is 29.7 Å². The van der Waals surface area contributed by atoms with Gasteiger partial charge >= 0.3 is 0 Å². The maximum absolute atomic E-state index is 14.3. The maximum atomic E-state index is 14.3. The molecule has 1 aromatic carbocycles. The number of benzene rings is 1. The molecule has 2 aliphatic carbocycles. The first-order valence-corrected chi connectivity index (χ1v) is 15.8. The fourth-order valence-corrected chi connectivity index (χ4v) is 6.45. The van der Waals surface area contributed by atoms with E-state index in [9.17, 15) is 9.59 Å². The number of nitrogens with zero attached hydrogens (tertiary/aromatic N) is 5. The van der Waals surface area contributed by atoms with Gasteiger partial charge in [0.05, 0.1) is 0 Å². The van der Waals surface area contributed by atoms with Crippen molar-refractivity contribution in [2.45, 2.75) is 70.9 Å². The van der Waals surface area contributed by atoms with Crippen LogP contribution in [0.1, 0.15) is 69.9 Å². The van der Waals surface area contributed by atoms with E-state index in [0.717, 1.165) is 100 Å². The molecule has 1 saturated heterocycles. The number of anilines is 1. The molecule has 0 spiro atoms. The predicted molar refractivity (Wildman–Crippen MR) is 164 cm³/mol. The standard InChI is InChI=1S/C32H45N7O2/c1-3-4-13-33-32-35-20-28-26-12-7-23(21-38-16-14-37(2)15-17-38)18-27(26)31(41)39(29(28)36-32)25-10-8-24(9-11-25)30(40)34-19-22-5-6-22/h7,12,18,20,22,24-25H,3-6,8-11,13-17,19,21H2,1-2H3,(H,34,40)(H,33,35,36). The Labute approximate surface area is 242 Å². The van der Waals surface area contributed by atoms with Crippen molar-refractivity contribution in [1.29, 1.82) is 0 Å². The summed E-state index contributed by atoms with van der Waals surface area (Å²) < 4.78 is 1.93. The lowest BCUT2D eigenvalue weighted by Crippen LogP contribution is -2.43. The number of likely N-dealkylation sites (N-methyl/N-ethyl adjacent to an activating group) is 1. The van der Waals surface area contributed by atoms with Gasteiger partial charge in [-0.3, -0.25) is 19.1 Å². The average Bonchev–Trinajstić information content (AvgIpc) is 3.82. The van der Waals surface area contributed by atoms with E-state index < -0.39 is 0 Å². The van der Waals surface area contributed by atoms with E-state index in [0.29, 0.717) is 17.5 Å². The van der Waals surface area contributed by atoms with Crippen molar-refractivity contribution in [2.24, 2.45) is 11.8 Å². The molecule has 3 heterocycles. The summed E-state index contributed by atoms with van der Waals surface area (Å²) >= 11 is 0. The van der Waals surface area contributed by atoms with E-state index in [1.54, 1.807) is 0 Å². The van der Waals surface area contributed by atoms with Crippen molar-refractivity contribution in [3.8, 4) is 0 Å². The van der Waals surface area contributed by atoms with E-state index >= 15 is 0 Å². The highest BCUT2D eigenvalue weighted by Gasteiger charge is 2.31. The van der Waals surface area contributed by atoms with Crippen molar-refractivity contribution in [3.63, 3.8) is 0 Å². The lowest BCUT2D eigenvalue weighted by molar-refractivity contribution is -0.126. The normalized spacial score (nSPS) is 22.3. The summed E-state index contributed by atoms with van der Waals surface area (Å²) in [4.78, 5) is 41.5. The third-order valence-corrected chi connectivity index (χ3v) is 9.33. The Balaban J connectivity index is 1.31. The minimum absolute atomic E-state index is 0.0153. The third kappa shape index (κ3) is 6.41. The van der Waals surface area contributed by atoms with Gasteiger partial charge in [0.15, 0.2) is 0 Å². The second-order valence-electron chi connectivity index (χ2n) is 12.5. The monoisotopic (exact) mass is 559 g/mol. The maximum Gasteiger partial charge on any atom is 0.260 e. The van der Waals surface area contributed by atoms with Crippen LogP contribution in [0.3, 0.4) is 0 Å². The molecule has 3 fully saturated rings. The van der Waals surface area contributed by atoms with E-state index in [2.05, 4.69) is 57.6 Å². The fraction of sp³-hybridized carbons (Fsp3) is 0.625. The Morgan fingerprint density at radius 3 is 2.51 bits per heavy atom. The number of piperazine rings is 1. The quantitative estimate of drug-likeness (QED) is 0.285. The third-order valence-electron chi connectivity index (χ3n) is 9.33. The summed E-state index contributed by atoms with van der Waals surface area (Å²) in [5.41, 5.74) is 1.89. The largest absolute Gasteiger partial charge is 0.356 e. The second-order valence-corrected chi connectivity index (χ2v) is 12.5. The summed E-state index contributed by atoms with van der Waals surface area (Å²) in [6, 6.07) is 6.35. The van der Waals surface area contributed by atoms with Gasteiger partial charge in [-0.1, -0.05) is 25.5 Å². The number of amides is 1. The first-order chi connectivity index (χ1) is 20.0. The van der Waals surface area contributed by atoms with Crippen LogP contribution >= 0.6 is 0 Å². The summed E-state index contributed by atoms with van der Waals surface area (Å²) in [5, 5.41) is 9.07. The number of rotatable bonds is 10. The lowest BCUT2D eigenvalue weighted by atomic mass is 9.85. The Morgan fingerprint density at radius 2 is 1.78 bits per heavy atom. The van der Waals surface area contributed by atoms with Gasteiger partial charge in [0.1, 0.15) is 5.65 Å². The molecule has 41 heavy (non-hydrogen) atoms. The molecular weight excluding hydrogens is 514 g/mol. The number of aromatic nitrogens is 3. The Morgan fingerprint density at radius 1 is 1.00 bits per heavy atom. The fourth-order valence-electron chi connectivity index (χ4n) is 6.45. The van der Waals surface area contributed by atoms with Crippen LogP contribution in [-0.4, -0.2) is 76.6 Å². The van der Waals surface area contributed by atoms with Crippen LogP contribution in [0.5, 0.6) is 0 Å². The molecule has 220 valence electrons. The molecule has 3 aromatic rings. The van der Waals surface area contributed by atoms with Crippen molar-refractivity contribution in [3.05, 3.63) is 40.3 Å². The number of unbranched alkanes of at least 4 members (excludes halogenated alkanes) is 1. The summed E-state index contributed by atoms with van der Waals surface area (Å²) in [7, 11) is 2.17. The van der Waals surface area contributed by atoms with Crippen LogP contribution in [0.15, 0.2) is 29.2 Å². The highest BCUT2D eigenvalue weighted by molar-refractivity contribution is 6.04. The molecule has 2 saturated carbocycles. The van der Waals surface area contributed by atoms with Crippen LogP contribution in [0.2, 0.25) is 0 Å². The Bertz CT molecular complexity index is 1430. The van der Waals surface area contributed by atoms with Gasteiger partial charge in [-0.15, -0.1) is 0 Å². The molecule has 0 bridgehead atoms. The van der Waals surface area contributed by atoms with Gasteiger partial charge in [0.25, 0.3) is 5.56 Å². The lowest BCUT2D eigenvalue weighted by Gasteiger charge is -2.32. The highest BCUT2D eigenvalue weighted by atomic mass is 16.2. The highest BCUT2D eigenvalue weighted by Crippen LogP contribution is 2.35. The van der Waals surface area contributed by atoms with Gasteiger partial charge in [-0.05, 0) is 74.9 Å². The minimum Gasteiger partial charge on any atom is -0.356 e. The number of hydrogen-bond acceptors (Lipinski definition) is 7. The molecule has 1 aliphatic heterocycles. The van der Waals surface area contributed by atoms with Crippen LogP contribution in [-0.2, 0) is 11.3 Å². The van der Waals surface area contributed by atoms with E-state index in [-0.39, 0.29) is 23.4 Å². The molecule has 9 nitrogen and oxygen atoms in total. The Kier molecular flexibility index (Phi) is 8.53. The number of carbonyl (C=O) groups excluding carboxylic acids is 1. The average molecular weight is 560 g/mol. The van der Waals surface area contributed by atoms with Crippen molar-refractivity contribution in [2.75, 3.05) is 51.6 Å². The second kappa shape index (κ2) is 12.4. The number of pyridine rings is 1. The zero-order valence-electron chi connectivity index (χ0n) is 24.7. The summed E-state index contributed by atoms with van der Waals surface area (Å²) in [6.07, 6.45) is 9.66. The van der Waals surface area contributed by atoms with Gasteiger partial charge in [0, 0.05) is 74.7 Å². The molecule has 2 N–H and O–H groups in total. The number of fused-ring (bicyclic) bond motifs is 3. The first-order valence-electron chi connectivity index (χ1n) is 15.8. The molecule has 6 rings (SSSR count). The zero-order chi connectivity index (χ0) is 28.3. The van der Waals surface area contributed by atoms with Gasteiger partial charge < -0.3 is 15.5 Å². The van der Waals surface area contributed by atoms with Crippen LogP contribution < -0.4 is 16.2 Å². The molecule has 0 unspecified atom stereocenters. The molecule has 9 heteroatoms. The Hall–Kier alpha value is -3.04. The molecule has 2 aromatic heterocycles. The van der Waals surface area contributed by atoms with Gasteiger partial charge in [0.2, 0.25) is 11.9 Å². The SMILES string of the molecule is CCCCNc1ncc2c3ccc(CN4CCN(C)CC4)cc3c(=O)n(C3CCC(C(=O)NCC4CC4)CC3)c2n1. The topological polar surface area (TPSA) is 95.4 Å². The minimum atomic E-state index is 0.0153. The number of nitrogens with one attached hydrogen (secondary N) is 2. The zero-order valence-corrected chi connectivity index (χ0v) is 24.7. The summed E-state index contributed by atoms with van der Waals surface area (Å²) in [5.74, 6) is 1.46. The first kappa shape index (κ1) is 28.1. The predicted octanol–water partition coefficient (Wildman–Crippen LogP) is 4.16. The van der Waals surface area contributed by atoms with Crippen molar-refractivity contribution >= 4 is 33.7 Å². The van der Waals surface area contributed by atoms with Gasteiger partial charge in [-0.25, -0.2) is 4.98 Å². The van der Waals surface area contributed by atoms with E-state index in [4.69, 9.17) is 4.98 Å². The van der Waals surface area contributed by atoms with Crippen LogP contribution in [0, 0.1) is 11.8 Å². The molecular formula is C32H45N7O2. The van der Waals surface area contributed by atoms with Gasteiger partial charge in [-0.2, -0.15) is 4.98 Å². The molecule has 1 amide bonds. The molecule has 0 atom stereocenters. The number of carbonyl (C=O) groups is 1. The van der Waals surface area contributed by atoms with Crippen LogP contribution in [0.25, 0.3) is 21.8 Å².